The zero-order valence-electron chi connectivity index (χ0n) is 12.0. The summed E-state index contributed by atoms with van der Waals surface area (Å²) in [6, 6.07) is 13.7. The quantitative estimate of drug-likeness (QED) is 0.937. The lowest BCUT2D eigenvalue weighted by molar-refractivity contribution is 0.0946. The Kier molecular flexibility index (Phi) is 4.15. The second-order valence-corrected chi connectivity index (χ2v) is 5.26. The Morgan fingerprint density at radius 1 is 1.14 bits per heavy atom. The molecule has 1 N–H and O–H groups in total. The minimum absolute atomic E-state index is 0.125. The summed E-state index contributed by atoms with van der Waals surface area (Å²) in [7, 11) is 0. The number of nitrogens with zero attached hydrogens (tertiary/aromatic N) is 2. The van der Waals surface area contributed by atoms with Gasteiger partial charge in [0.1, 0.15) is 5.69 Å². The van der Waals surface area contributed by atoms with Crippen LogP contribution in [-0.2, 0) is 6.54 Å². The van der Waals surface area contributed by atoms with Gasteiger partial charge in [-0.3, -0.25) is 9.78 Å². The largest absolute Gasteiger partial charge is 0.371 e. The Morgan fingerprint density at radius 3 is 2.67 bits per heavy atom. The number of amides is 1. The number of anilines is 1. The highest BCUT2D eigenvalue weighted by molar-refractivity contribution is 5.93. The molecule has 1 fully saturated rings. The number of hydrogen-bond donors (Lipinski definition) is 1. The molecule has 1 amide bonds. The van der Waals surface area contributed by atoms with E-state index in [4.69, 9.17) is 0 Å². The number of carbonyl (C=O) groups is 1. The van der Waals surface area contributed by atoms with Crippen LogP contribution in [0.1, 0.15) is 28.9 Å². The first-order chi connectivity index (χ1) is 10.3. The fourth-order valence-corrected chi connectivity index (χ4v) is 2.58. The Bertz CT molecular complexity index is 606. The van der Waals surface area contributed by atoms with Gasteiger partial charge < -0.3 is 10.2 Å². The molecule has 1 saturated heterocycles. The van der Waals surface area contributed by atoms with E-state index in [2.05, 4.69) is 15.2 Å². The van der Waals surface area contributed by atoms with Gasteiger partial charge in [-0.1, -0.05) is 30.3 Å². The molecule has 0 atom stereocenters. The van der Waals surface area contributed by atoms with Crippen molar-refractivity contribution in [3.63, 3.8) is 0 Å². The predicted octanol–water partition coefficient (Wildman–Crippen LogP) is 2.61. The number of hydrogen-bond acceptors (Lipinski definition) is 3. The molecule has 0 aliphatic carbocycles. The van der Waals surface area contributed by atoms with Crippen LogP contribution in [0.4, 0.5) is 5.69 Å². The number of rotatable bonds is 4. The molecule has 4 nitrogen and oxygen atoms in total. The Morgan fingerprint density at radius 2 is 1.90 bits per heavy atom. The standard InChI is InChI=1S/C17H19N3O/c21-17(19-13-14-6-2-1-3-7-14)16-12-15(8-9-18-16)20-10-4-5-11-20/h1-3,6-9,12H,4-5,10-11,13H2,(H,19,21). The Labute approximate surface area is 124 Å². The zero-order chi connectivity index (χ0) is 14.5. The molecule has 2 heterocycles. The molecule has 0 spiro atoms. The molecular formula is C17H19N3O. The summed E-state index contributed by atoms with van der Waals surface area (Å²) in [6.07, 6.45) is 4.15. The van der Waals surface area contributed by atoms with Crippen LogP contribution in [0.5, 0.6) is 0 Å². The molecule has 0 saturated carbocycles. The van der Waals surface area contributed by atoms with Gasteiger partial charge in [0.05, 0.1) is 0 Å². The van der Waals surface area contributed by atoms with Crippen LogP contribution >= 0.6 is 0 Å². The second kappa shape index (κ2) is 6.39. The monoisotopic (exact) mass is 281 g/mol. The number of pyridine rings is 1. The Balaban J connectivity index is 1.65. The summed E-state index contributed by atoms with van der Waals surface area (Å²) in [5.74, 6) is -0.125. The molecule has 3 rings (SSSR count). The van der Waals surface area contributed by atoms with Crippen molar-refractivity contribution in [2.24, 2.45) is 0 Å². The van der Waals surface area contributed by atoms with Crippen molar-refractivity contribution in [3.05, 3.63) is 59.9 Å². The van der Waals surface area contributed by atoms with E-state index in [1.54, 1.807) is 6.20 Å². The highest BCUT2D eigenvalue weighted by Gasteiger charge is 2.14. The van der Waals surface area contributed by atoms with Crippen molar-refractivity contribution in [2.75, 3.05) is 18.0 Å². The predicted molar refractivity (Wildman–Crippen MR) is 83.3 cm³/mol. The molecule has 1 aliphatic heterocycles. The van der Waals surface area contributed by atoms with Gasteiger partial charge in [-0.15, -0.1) is 0 Å². The number of nitrogens with one attached hydrogen (secondary N) is 1. The van der Waals surface area contributed by atoms with Crippen molar-refractivity contribution in [1.29, 1.82) is 0 Å². The first-order valence-corrected chi connectivity index (χ1v) is 7.36. The third-order valence-corrected chi connectivity index (χ3v) is 3.74. The summed E-state index contributed by atoms with van der Waals surface area (Å²) < 4.78 is 0. The average Bonchev–Trinajstić information content (AvgIpc) is 3.08. The molecule has 2 aromatic rings. The van der Waals surface area contributed by atoms with Crippen LogP contribution in [0, 0.1) is 0 Å². The van der Waals surface area contributed by atoms with Gasteiger partial charge in [0, 0.05) is 31.5 Å². The highest BCUT2D eigenvalue weighted by Crippen LogP contribution is 2.20. The van der Waals surface area contributed by atoms with Gasteiger partial charge in [-0.2, -0.15) is 0 Å². The normalized spacial score (nSPS) is 14.2. The summed E-state index contributed by atoms with van der Waals surface area (Å²) in [4.78, 5) is 18.7. The van der Waals surface area contributed by atoms with Crippen LogP contribution in [0.3, 0.4) is 0 Å². The molecule has 0 unspecified atom stereocenters. The van der Waals surface area contributed by atoms with Crippen LogP contribution < -0.4 is 10.2 Å². The van der Waals surface area contributed by atoms with Gasteiger partial charge >= 0.3 is 0 Å². The van der Waals surface area contributed by atoms with Crippen LogP contribution in [0.15, 0.2) is 48.7 Å². The van der Waals surface area contributed by atoms with Gasteiger partial charge in [-0.05, 0) is 30.5 Å². The first-order valence-electron chi connectivity index (χ1n) is 7.36. The smallest absolute Gasteiger partial charge is 0.270 e. The van der Waals surface area contributed by atoms with Crippen molar-refractivity contribution >= 4 is 11.6 Å². The maximum absolute atomic E-state index is 12.2. The maximum Gasteiger partial charge on any atom is 0.270 e. The van der Waals surface area contributed by atoms with E-state index in [0.29, 0.717) is 12.2 Å². The van der Waals surface area contributed by atoms with E-state index < -0.39 is 0 Å². The minimum atomic E-state index is -0.125. The molecule has 1 aromatic carbocycles. The molecule has 1 aliphatic rings. The molecule has 1 aromatic heterocycles. The SMILES string of the molecule is O=C(NCc1ccccc1)c1cc(N2CCCC2)ccn1. The van der Waals surface area contributed by atoms with E-state index >= 15 is 0 Å². The Hall–Kier alpha value is -2.36. The van der Waals surface area contributed by atoms with E-state index in [0.717, 1.165) is 24.3 Å². The lowest BCUT2D eigenvalue weighted by Crippen LogP contribution is -2.24. The van der Waals surface area contributed by atoms with E-state index in [1.807, 2.05) is 42.5 Å². The zero-order valence-corrected chi connectivity index (χ0v) is 12.0. The second-order valence-electron chi connectivity index (χ2n) is 5.26. The van der Waals surface area contributed by atoms with Crippen molar-refractivity contribution in [2.45, 2.75) is 19.4 Å². The summed E-state index contributed by atoms with van der Waals surface area (Å²) >= 11 is 0. The average molecular weight is 281 g/mol. The summed E-state index contributed by atoms with van der Waals surface area (Å²) in [6.45, 7) is 2.65. The van der Waals surface area contributed by atoms with Crippen LogP contribution in [0.25, 0.3) is 0 Å². The minimum Gasteiger partial charge on any atom is -0.371 e. The van der Waals surface area contributed by atoms with Gasteiger partial charge in [-0.25, -0.2) is 0 Å². The molecule has 21 heavy (non-hydrogen) atoms. The highest BCUT2D eigenvalue weighted by atomic mass is 16.1. The van der Waals surface area contributed by atoms with Gasteiger partial charge in [0.15, 0.2) is 0 Å². The van der Waals surface area contributed by atoms with E-state index in [9.17, 15) is 4.79 Å². The number of aromatic nitrogens is 1. The number of benzene rings is 1. The lowest BCUT2D eigenvalue weighted by Gasteiger charge is -2.17. The fourth-order valence-electron chi connectivity index (χ4n) is 2.58. The van der Waals surface area contributed by atoms with Crippen molar-refractivity contribution < 1.29 is 4.79 Å². The first kappa shape index (κ1) is 13.6. The molecule has 4 heteroatoms. The van der Waals surface area contributed by atoms with Gasteiger partial charge in [0.25, 0.3) is 5.91 Å². The molecule has 0 bridgehead atoms. The molecule has 0 radical (unpaired) electrons. The van der Waals surface area contributed by atoms with Crippen molar-refractivity contribution in [3.8, 4) is 0 Å². The van der Waals surface area contributed by atoms with Crippen LogP contribution in [-0.4, -0.2) is 24.0 Å². The summed E-state index contributed by atoms with van der Waals surface area (Å²) in [5.41, 5.74) is 2.66. The number of carbonyl (C=O) groups excluding carboxylic acids is 1. The third-order valence-electron chi connectivity index (χ3n) is 3.74. The molecule has 108 valence electrons. The van der Waals surface area contributed by atoms with Gasteiger partial charge in [0.2, 0.25) is 0 Å². The van der Waals surface area contributed by atoms with Crippen LogP contribution in [0.2, 0.25) is 0 Å². The fraction of sp³-hybridized carbons (Fsp3) is 0.294. The molecular weight excluding hydrogens is 262 g/mol. The maximum atomic E-state index is 12.2. The lowest BCUT2D eigenvalue weighted by atomic mass is 10.2. The van der Waals surface area contributed by atoms with E-state index in [1.165, 1.54) is 12.8 Å². The topological polar surface area (TPSA) is 45.2 Å². The summed E-state index contributed by atoms with van der Waals surface area (Å²) in [5, 5.41) is 2.91. The third kappa shape index (κ3) is 3.40. The van der Waals surface area contributed by atoms with E-state index in [-0.39, 0.29) is 5.91 Å². The van der Waals surface area contributed by atoms with Crippen molar-refractivity contribution in [1.82, 2.24) is 10.3 Å².